The van der Waals surface area contributed by atoms with Gasteiger partial charge in [0.1, 0.15) is 0 Å². The predicted molar refractivity (Wildman–Crippen MR) is 118 cm³/mol. The molecule has 0 fully saturated rings. The molecule has 0 saturated carbocycles. The van der Waals surface area contributed by atoms with Gasteiger partial charge in [-0.2, -0.15) is 0 Å². The number of hydrogen-bond donors (Lipinski definition) is 1. The molecule has 28 heavy (non-hydrogen) atoms. The minimum absolute atomic E-state index is 0.630. The van der Waals surface area contributed by atoms with Gasteiger partial charge >= 0.3 is 17.6 Å². The van der Waals surface area contributed by atoms with E-state index in [4.69, 9.17) is 26.6 Å². The second-order valence-corrected chi connectivity index (χ2v) is 11.7. The molecular weight excluding hydrogens is 394 g/mol. The van der Waals surface area contributed by atoms with Gasteiger partial charge in [-0.3, -0.25) is 0 Å². The lowest BCUT2D eigenvalue weighted by Gasteiger charge is -2.28. The lowest BCUT2D eigenvalue weighted by atomic mass is 10.3. The van der Waals surface area contributed by atoms with Crippen LogP contribution in [0.2, 0.25) is 12.1 Å². The van der Waals surface area contributed by atoms with Crippen molar-refractivity contribution < 1.29 is 26.6 Å². The summed E-state index contributed by atoms with van der Waals surface area (Å²) in [6.45, 7) is 17.7. The Labute approximate surface area is 175 Å². The summed E-state index contributed by atoms with van der Waals surface area (Å²) in [7, 11) is -5.00. The third kappa shape index (κ3) is 12.0. The van der Waals surface area contributed by atoms with Crippen LogP contribution in [-0.4, -0.2) is 70.3 Å². The first-order valence-corrected chi connectivity index (χ1v) is 15.0. The molecule has 0 aliphatic rings. The van der Waals surface area contributed by atoms with Crippen LogP contribution in [0.3, 0.4) is 0 Å². The zero-order chi connectivity index (χ0) is 21.1. The Bertz CT molecular complexity index is 286. The molecule has 0 amide bonds. The molecule has 0 saturated heterocycles. The maximum atomic E-state index is 5.90. The van der Waals surface area contributed by atoms with Crippen LogP contribution in [0.25, 0.3) is 0 Å². The van der Waals surface area contributed by atoms with Crippen LogP contribution in [0.5, 0.6) is 0 Å². The van der Waals surface area contributed by atoms with Crippen LogP contribution < -0.4 is 5.32 Å². The molecule has 0 heterocycles. The van der Waals surface area contributed by atoms with E-state index in [2.05, 4.69) is 5.32 Å². The summed E-state index contributed by atoms with van der Waals surface area (Å²) in [4.78, 5) is 0. The van der Waals surface area contributed by atoms with E-state index in [1.807, 2.05) is 41.5 Å². The Morgan fingerprint density at radius 1 is 0.464 bits per heavy atom. The molecule has 1 N–H and O–H groups in total. The van der Waals surface area contributed by atoms with Gasteiger partial charge in [-0.15, -0.1) is 0 Å². The minimum atomic E-state index is -2.51. The lowest BCUT2D eigenvalue weighted by Crippen LogP contribution is -2.46. The van der Waals surface area contributed by atoms with Gasteiger partial charge in [0.25, 0.3) is 0 Å². The molecule has 0 spiro atoms. The van der Waals surface area contributed by atoms with Crippen LogP contribution in [-0.2, 0) is 26.6 Å². The molecule has 0 aromatic heterocycles. The average Bonchev–Trinajstić information content (AvgIpc) is 2.65. The molecule has 0 unspecified atom stereocenters. The van der Waals surface area contributed by atoms with Gasteiger partial charge in [0, 0.05) is 51.7 Å². The first-order chi connectivity index (χ1) is 13.6. The van der Waals surface area contributed by atoms with Crippen LogP contribution in [0.15, 0.2) is 0 Å². The monoisotopic (exact) mass is 439 g/mol. The molecule has 0 radical (unpaired) electrons. The second kappa shape index (κ2) is 18.0. The van der Waals surface area contributed by atoms with E-state index in [0.717, 1.165) is 44.4 Å². The van der Waals surface area contributed by atoms with Crippen LogP contribution in [0, 0.1) is 0 Å². The van der Waals surface area contributed by atoms with Crippen LogP contribution >= 0.6 is 0 Å². The molecule has 0 bridgehead atoms. The normalized spacial score (nSPS) is 12.6. The lowest BCUT2D eigenvalue weighted by molar-refractivity contribution is 0.0697. The largest absolute Gasteiger partial charge is 0.500 e. The third-order valence-corrected chi connectivity index (χ3v) is 10.4. The van der Waals surface area contributed by atoms with Crippen molar-refractivity contribution in [2.24, 2.45) is 0 Å². The van der Waals surface area contributed by atoms with Gasteiger partial charge in [-0.05, 0) is 73.9 Å². The highest BCUT2D eigenvalue weighted by molar-refractivity contribution is 6.61. The summed E-state index contributed by atoms with van der Waals surface area (Å²) in [6.07, 6.45) is 3.10. The van der Waals surface area contributed by atoms with Crippen molar-refractivity contribution in [1.82, 2.24) is 5.32 Å². The van der Waals surface area contributed by atoms with Gasteiger partial charge in [-0.25, -0.2) is 0 Å². The van der Waals surface area contributed by atoms with Crippen LogP contribution in [0.1, 0.15) is 60.8 Å². The number of hydrogen-bond acceptors (Lipinski definition) is 7. The fourth-order valence-corrected chi connectivity index (χ4v) is 8.45. The first kappa shape index (κ1) is 28.2. The van der Waals surface area contributed by atoms with E-state index in [-0.39, 0.29) is 0 Å². The van der Waals surface area contributed by atoms with E-state index in [1.54, 1.807) is 0 Å². The molecule has 0 aromatic carbocycles. The third-order valence-electron chi connectivity index (χ3n) is 4.11. The summed E-state index contributed by atoms with van der Waals surface area (Å²) in [5, 5.41) is 3.52. The van der Waals surface area contributed by atoms with Crippen molar-refractivity contribution in [2.75, 3.05) is 52.7 Å². The van der Waals surface area contributed by atoms with Crippen molar-refractivity contribution in [3.05, 3.63) is 0 Å². The maximum Gasteiger partial charge on any atom is 0.500 e. The molecule has 0 rings (SSSR count). The maximum absolute atomic E-state index is 5.90. The van der Waals surface area contributed by atoms with E-state index in [1.165, 1.54) is 0 Å². The Kier molecular flexibility index (Phi) is 18.1. The Balaban J connectivity index is 4.14. The fourth-order valence-electron chi connectivity index (χ4n) is 3.15. The number of nitrogens with one attached hydrogen (secondary N) is 1. The van der Waals surface area contributed by atoms with Crippen molar-refractivity contribution in [3.8, 4) is 0 Å². The van der Waals surface area contributed by atoms with Gasteiger partial charge in [0.15, 0.2) is 0 Å². The zero-order valence-corrected chi connectivity index (χ0v) is 21.1. The van der Waals surface area contributed by atoms with E-state index >= 15 is 0 Å². The Morgan fingerprint density at radius 3 is 1.14 bits per heavy atom. The molecular formula is C19H45NO6Si2. The summed E-state index contributed by atoms with van der Waals surface area (Å²) < 4.78 is 35.4. The summed E-state index contributed by atoms with van der Waals surface area (Å²) in [5.41, 5.74) is 0. The Morgan fingerprint density at radius 2 is 0.786 bits per heavy atom. The van der Waals surface area contributed by atoms with Gasteiger partial charge in [-0.1, -0.05) is 0 Å². The van der Waals surface area contributed by atoms with Crippen molar-refractivity contribution in [3.63, 3.8) is 0 Å². The topological polar surface area (TPSA) is 67.4 Å². The average molecular weight is 440 g/mol. The highest BCUT2D eigenvalue weighted by Crippen LogP contribution is 2.19. The standard InChI is InChI=1S/C19H45NO6Si2/c1-7-21-27(22-8-2,23-9-3)18-14-13-16-20-17-15-19-28(24-10-4,25-11-5)26-12-6/h20H,7-19H2,1-6H3. The minimum Gasteiger partial charge on any atom is -0.374 e. The molecule has 0 aliphatic heterocycles. The molecule has 0 aliphatic carbocycles. The molecule has 0 aromatic rings. The molecule has 170 valence electrons. The predicted octanol–water partition coefficient (Wildman–Crippen LogP) is 3.84. The van der Waals surface area contributed by atoms with Gasteiger partial charge in [0.05, 0.1) is 0 Å². The van der Waals surface area contributed by atoms with Gasteiger partial charge < -0.3 is 31.9 Å². The smallest absolute Gasteiger partial charge is 0.374 e. The Hall–Kier alpha value is 0.154. The van der Waals surface area contributed by atoms with E-state index in [0.29, 0.717) is 39.6 Å². The van der Waals surface area contributed by atoms with E-state index < -0.39 is 17.6 Å². The number of unbranched alkanes of at least 4 members (excludes halogenated alkanes) is 1. The number of rotatable bonds is 21. The van der Waals surface area contributed by atoms with Crippen molar-refractivity contribution >= 4 is 17.6 Å². The zero-order valence-electron chi connectivity index (χ0n) is 19.1. The highest BCUT2D eigenvalue weighted by atomic mass is 28.4. The van der Waals surface area contributed by atoms with Crippen molar-refractivity contribution in [2.45, 2.75) is 72.9 Å². The highest BCUT2D eigenvalue weighted by Gasteiger charge is 2.40. The van der Waals surface area contributed by atoms with Crippen molar-refractivity contribution in [1.29, 1.82) is 0 Å². The first-order valence-electron chi connectivity index (χ1n) is 11.1. The molecule has 9 heteroatoms. The SMILES string of the molecule is CCO[Si](CCCCNCCC[Si](OCC)(OCC)OCC)(OCC)OCC. The van der Waals surface area contributed by atoms with Gasteiger partial charge in [0.2, 0.25) is 0 Å². The summed E-state index contributed by atoms with van der Waals surface area (Å²) in [6, 6.07) is 1.73. The van der Waals surface area contributed by atoms with E-state index in [9.17, 15) is 0 Å². The second-order valence-electron chi connectivity index (χ2n) is 6.27. The van der Waals surface area contributed by atoms with Crippen LogP contribution in [0.4, 0.5) is 0 Å². The molecule has 0 atom stereocenters. The molecule has 7 nitrogen and oxygen atoms in total. The quantitative estimate of drug-likeness (QED) is 0.215. The summed E-state index contributed by atoms with van der Waals surface area (Å²) in [5.74, 6) is 0. The fraction of sp³-hybridized carbons (Fsp3) is 1.00. The summed E-state index contributed by atoms with van der Waals surface area (Å²) >= 11 is 0.